The third-order valence-electron chi connectivity index (χ3n) is 4.78. The van der Waals surface area contributed by atoms with Gasteiger partial charge in [0.2, 0.25) is 10.0 Å². The number of benzene rings is 3. The minimum absolute atomic E-state index is 0.00187. The smallest absolute Gasteiger partial charge is 0.293 e. The molecule has 0 spiro atoms. The van der Waals surface area contributed by atoms with Crippen LogP contribution in [0.25, 0.3) is 16.6 Å². The van der Waals surface area contributed by atoms with Gasteiger partial charge in [-0.15, -0.1) is 0 Å². The highest BCUT2D eigenvalue weighted by Gasteiger charge is 2.22. The van der Waals surface area contributed by atoms with Crippen molar-refractivity contribution in [3.8, 4) is 5.69 Å². The first-order valence-electron chi connectivity index (χ1n) is 9.37. The zero-order valence-electron chi connectivity index (χ0n) is 16.5. The third kappa shape index (κ3) is 3.94. The number of fused-ring (bicyclic) bond motifs is 1. The largest absolute Gasteiger partial charge is 0.399 e. The lowest BCUT2D eigenvalue weighted by Crippen LogP contribution is -2.30. The van der Waals surface area contributed by atoms with Crippen LogP contribution in [0, 0.1) is 10.1 Å². The molecule has 10 nitrogen and oxygen atoms in total. The van der Waals surface area contributed by atoms with Crippen LogP contribution >= 0.6 is 0 Å². The molecule has 3 N–H and O–H groups in total. The van der Waals surface area contributed by atoms with E-state index in [0.29, 0.717) is 11.2 Å². The molecule has 0 aliphatic rings. The van der Waals surface area contributed by atoms with Gasteiger partial charge in [0, 0.05) is 11.8 Å². The molecule has 0 bridgehead atoms. The van der Waals surface area contributed by atoms with E-state index in [-0.39, 0.29) is 34.0 Å². The van der Waals surface area contributed by atoms with Gasteiger partial charge in [0.05, 0.1) is 27.3 Å². The Kier molecular flexibility index (Phi) is 5.43. The average Bonchev–Trinajstić information content (AvgIpc) is 2.78. The molecule has 0 saturated heterocycles. The van der Waals surface area contributed by atoms with Gasteiger partial charge in [0.1, 0.15) is 11.5 Å². The number of nitrogens with two attached hydrogens (primary N) is 1. The molecule has 4 rings (SSSR count). The Morgan fingerprint density at radius 3 is 2.38 bits per heavy atom. The highest BCUT2D eigenvalue weighted by atomic mass is 32.2. The summed E-state index contributed by atoms with van der Waals surface area (Å²) in [7, 11) is -3.96. The monoisotopic (exact) mass is 451 g/mol. The summed E-state index contributed by atoms with van der Waals surface area (Å²) in [6, 6.07) is 17.8. The van der Waals surface area contributed by atoms with E-state index >= 15 is 0 Å². The lowest BCUT2D eigenvalue weighted by molar-refractivity contribution is -0.384. The molecule has 1 aromatic heterocycles. The van der Waals surface area contributed by atoms with Crippen molar-refractivity contribution in [2.75, 3.05) is 5.73 Å². The fraction of sp³-hybridized carbons (Fsp3) is 0.0476. The number of sulfonamides is 1. The summed E-state index contributed by atoms with van der Waals surface area (Å²) in [5.74, 6) is 0.00187. The number of hydrogen-bond donors (Lipinski definition) is 2. The summed E-state index contributed by atoms with van der Waals surface area (Å²) in [5, 5.41) is 11.8. The highest BCUT2D eigenvalue weighted by molar-refractivity contribution is 7.89. The fourth-order valence-electron chi connectivity index (χ4n) is 3.24. The number of para-hydroxylation sites is 3. The Labute approximate surface area is 182 Å². The number of nitro groups is 1. The summed E-state index contributed by atoms with van der Waals surface area (Å²) >= 11 is 0. The van der Waals surface area contributed by atoms with Gasteiger partial charge < -0.3 is 5.73 Å². The number of aromatic nitrogens is 2. The van der Waals surface area contributed by atoms with Gasteiger partial charge in [-0.1, -0.05) is 24.3 Å². The predicted octanol–water partition coefficient (Wildman–Crippen LogP) is 2.35. The second-order valence-electron chi connectivity index (χ2n) is 6.83. The van der Waals surface area contributed by atoms with Gasteiger partial charge in [-0.2, -0.15) is 0 Å². The van der Waals surface area contributed by atoms with Gasteiger partial charge >= 0.3 is 0 Å². The Balaban J connectivity index is 1.86. The lowest BCUT2D eigenvalue weighted by Gasteiger charge is -2.14. The van der Waals surface area contributed by atoms with Crippen LogP contribution in [0.5, 0.6) is 0 Å². The first-order valence-corrected chi connectivity index (χ1v) is 10.9. The highest BCUT2D eigenvalue weighted by Crippen LogP contribution is 2.23. The second-order valence-corrected chi connectivity index (χ2v) is 8.59. The van der Waals surface area contributed by atoms with E-state index in [2.05, 4.69) is 9.71 Å². The van der Waals surface area contributed by atoms with E-state index in [1.807, 2.05) is 0 Å². The normalized spacial score (nSPS) is 11.5. The number of nitrogen functional groups attached to an aromatic ring is 1. The van der Waals surface area contributed by atoms with E-state index in [1.54, 1.807) is 30.3 Å². The van der Waals surface area contributed by atoms with Crippen LogP contribution in [0.2, 0.25) is 0 Å². The van der Waals surface area contributed by atoms with Crippen molar-refractivity contribution in [1.82, 2.24) is 14.3 Å². The number of nitrogens with one attached hydrogen (secondary N) is 1. The molecular weight excluding hydrogens is 434 g/mol. The van der Waals surface area contributed by atoms with Crippen LogP contribution in [0.15, 0.2) is 82.5 Å². The van der Waals surface area contributed by atoms with Crippen molar-refractivity contribution in [2.24, 2.45) is 0 Å². The molecule has 11 heteroatoms. The quantitative estimate of drug-likeness (QED) is 0.259. The minimum atomic E-state index is -3.96. The molecule has 162 valence electrons. The zero-order chi connectivity index (χ0) is 22.9. The summed E-state index contributed by atoms with van der Waals surface area (Å²) in [4.78, 5) is 28.6. The van der Waals surface area contributed by atoms with Crippen LogP contribution in [0.1, 0.15) is 5.82 Å². The second kappa shape index (κ2) is 8.21. The van der Waals surface area contributed by atoms with E-state index in [4.69, 9.17) is 5.73 Å². The summed E-state index contributed by atoms with van der Waals surface area (Å²) < 4.78 is 28.9. The molecule has 0 aliphatic carbocycles. The molecule has 1 heterocycles. The Morgan fingerprint density at radius 1 is 1.00 bits per heavy atom. The topological polar surface area (TPSA) is 150 Å². The molecule has 0 saturated carbocycles. The van der Waals surface area contributed by atoms with E-state index in [1.165, 1.54) is 42.5 Å². The van der Waals surface area contributed by atoms with Crippen molar-refractivity contribution in [3.05, 3.63) is 99.1 Å². The Morgan fingerprint density at radius 2 is 1.66 bits per heavy atom. The van der Waals surface area contributed by atoms with Crippen molar-refractivity contribution in [3.63, 3.8) is 0 Å². The molecule has 0 aliphatic heterocycles. The summed E-state index contributed by atoms with van der Waals surface area (Å²) in [6.45, 7) is -0.376. The SMILES string of the molecule is Nc1ccc(S(=O)(=O)NCc2nc3ccccc3c(=O)n2-c2ccccc2[N+](=O)[O-])cc1. The van der Waals surface area contributed by atoms with Crippen molar-refractivity contribution >= 4 is 32.3 Å². The average molecular weight is 451 g/mol. The first-order chi connectivity index (χ1) is 15.3. The van der Waals surface area contributed by atoms with E-state index < -0.39 is 20.5 Å². The van der Waals surface area contributed by atoms with Crippen LogP contribution in [-0.2, 0) is 16.6 Å². The van der Waals surface area contributed by atoms with Gasteiger partial charge in [-0.3, -0.25) is 19.5 Å². The van der Waals surface area contributed by atoms with E-state index in [0.717, 1.165) is 4.57 Å². The molecule has 3 aromatic carbocycles. The molecule has 0 unspecified atom stereocenters. The lowest BCUT2D eigenvalue weighted by atomic mass is 10.2. The van der Waals surface area contributed by atoms with E-state index in [9.17, 15) is 23.3 Å². The number of rotatable bonds is 6. The summed E-state index contributed by atoms with van der Waals surface area (Å²) in [6.07, 6.45) is 0. The molecule has 32 heavy (non-hydrogen) atoms. The number of hydrogen-bond acceptors (Lipinski definition) is 7. The number of anilines is 1. The molecule has 0 atom stereocenters. The Bertz CT molecular complexity index is 1500. The molecule has 0 radical (unpaired) electrons. The maximum atomic E-state index is 13.3. The summed E-state index contributed by atoms with van der Waals surface area (Å²) in [5.41, 5.74) is 5.49. The Hall–Kier alpha value is -4.09. The van der Waals surface area contributed by atoms with Crippen molar-refractivity contribution in [1.29, 1.82) is 0 Å². The van der Waals surface area contributed by atoms with Crippen molar-refractivity contribution in [2.45, 2.75) is 11.4 Å². The van der Waals surface area contributed by atoms with Crippen LogP contribution in [0.3, 0.4) is 0 Å². The minimum Gasteiger partial charge on any atom is -0.399 e. The molecular formula is C21H17N5O5S. The zero-order valence-corrected chi connectivity index (χ0v) is 17.3. The van der Waals surface area contributed by atoms with Gasteiger partial charge in [0.15, 0.2) is 0 Å². The van der Waals surface area contributed by atoms with Gasteiger partial charge in [-0.25, -0.2) is 18.1 Å². The van der Waals surface area contributed by atoms with Gasteiger partial charge in [-0.05, 0) is 42.5 Å². The molecule has 4 aromatic rings. The third-order valence-corrected chi connectivity index (χ3v) is 6.19. The predicted molar refractivity (Wildman–Crippen MR) is 119 cm³/mol. The van der Waals surface area contributed by atoms with Crippen LogP contribution in [0.4, 0.5) is 11.4 Å². The fourth-order valence-corrected chi connectivity index (χ4v) is 4.22. The first kappa shape index (κ1) is 21.2. The van der Waals surface area contributed by atoms with Crippen LogP contribution in [-0.4, -0.2) is 22.9 Å². The number of nitrogens with zero attached hydrogens (tertiary/aromatic N) is 3. The molecule has 0 amide bonds. The van der Waals surface area contributed by atoms with Crippen LogP contribution < -0.4 is 16.0 Å². The van der Waals surface area contributed by atoms with Crippen molar-refractivity contribution < 1.29 is 13.3 Å². The standard InChI is InChI=1S/C21H17N5O5S/c22-14-9-11-15(12-10-14)32(30,31)23-13-20-24-17-6-2-1-5-16(17)21(27)25(20)18-7-3-4-8-19(18)26(28)29/h1-12,23H,13,22H2. The maximum absolute atomic E-state index is 13.3. The van der Waals surface area contributed by atoms with Gasteiger partial charge in [0.25, 0.3) is 11.2 Å². The number of nitro benzene ring substituents is 1. The maximum Gasteiger partial charge on any atom is 0.293 e. The molecule has 0 fully saturated rings.